The molecule has 1 aliphatic carbocycles. The van der Waals surface area contributed by atoms with Crippen molar-refractivity contribution in [2.24, 2.45) is 5.92 Å². The van der Waals surface area contributed by atoms with Crippen LogP contribution in [0.1, 0.15) is 49.7 Å². The third kappa shape index (κ3) is 4.54. The van der Waals surface area contributed by atoms with E-state index in [4.69, 9.17) is 4.74 Å². The highest BCUT2D eigenvalue weighted by Crippen LogP contribution is 2.28. The lowest BCUT2D eigenvalue weighted by molar-refractivity contribution is 0.406. The van der Waals surface area contributed by atoms with Crippen LogP contribution in [0.4, 0.5) is 0 Å². The molecule has 106 valence electrons. The van der Waals surface area contributed by atoms with Gasteiger partial charge in [0.1, 0.15) is 5.75 Å². The molecule has 0 aromatic heterocycles. The van der Waals surface area contributed by atoms with Crippen molar-refractivity contribution in [3.8, 4) is 5.75 Å². The third-order valence-electron chi connectivity index (χ3n) is 4.19. The number of hydrogen-bond acceptors (Lipinski definition) is 2. The average Bonchev–Trinajstić information content (AvgIpc) is 2.92. The minimum absolute atomic E-state index is 0.912. The minimum atomic E-state index is 0.912. The van der Waals surface area contributed by atoms with Crippen LogP contribution in [0.3, 0.4) is 0 Å². The largest absolute Gasteiger partial charge is 0.496 e. The van der Waals surface area contributed by atoms with Crippen LogP contribution in [0, 0.1) is 12.8 Å². The van der Waals surface area contributed by atoms with Gasteiger partial charge in [0.2, 0.25) is 0 Å². The van der Waals surface area contributed by atoms with Gasteiger partial charge < -0.3 is 10.1 Å². The quantitative estimate of drug-likeness (QED) is 0.747. The van der Waals surface area contributed by atoms with E-state index < -0.39 is 0 Å². The maximum absolute atomic E-state index is 5.40. The van der Waals surface area contributed by atoms with Crippen molar-refractivity contribution < 1.29 is 4.74 Å². The van der Waals surface area contributed by atoms with Crippen molar-refractivity contribution in [3.63, 3.8) is 0 Å². The Hall–Kier alpha value is -1.02. The topological polar surface area (TPSA) is 21.3 Å². The molecule has 0 aliphatic heterocycles. The number of benzene rings is 1. The van der Waals surface area contributed by atoms with Gasteiger partial charge in [0.15, 0.2) is 0 Å². The van der Waals surface area contributed by atoms with Gasteiger partial charge >= 0.3 is 0 Å². The molecule has 1 aromatic rings. The molecule has 0 atom stereocenters. The molecular weight excluding hydrogens is 234 g/mol. The first-order chi connectivity index (χ1) is 9.29. The van der Waals surface area contributed by atoms with Gasteiger partial charge in [-0.25, -0.2) is 0 Å². The van der Waals surface area contributed by atoms with Crippen molar-refractivity contribution in [2.45, 2.75) is 52.0 Å². The fourth-order valence-electron chi connectivity index (χ4n) is 3.08. The summed E-state index contributed by atoms with van der Waals surface area (Å²) >= 11 is 0. The van der Waals surface area contributed by atoms with Gasteiger partial charge in [-0.1, -0.05) is 43.4 Å². The smallest absolute Gasteiger partial charge is 0.123 e. The summed E-state index contributed by atoms with van der Waals surface area (Å²) in [7, 11) is 1.74. The molecule has 1 aliphatic rings. The van der Waals surface area contributed by atoms with Crippen LogP contribution in [-0.4, -0.2) is 13.7 Å². The molecule has 2 nitrogen and oxygen atoms in total. The first-order valence-electron chi connectivity index (χ1n) is 7.64. The Morgan fingerprint density at radius 1 is 1.26 bits per heavy atom. The van der Waals surface area contributed by atoms with Crippen LogP contribution < -0.4 is 10.1 Å². The summed E-state index contributed by atoms with van der Waals surface area (Å²) in [5.74, 6) is 2.00. The zero-order valence-corrected chi connectivity index (χ0v) is 12.4. The molecule has 0 unspecified atom stereocenters. The molecule has 1 saturated carbocycles. The molecule has 19 heavy (non-hydrogen) atoms. The van der Waals surface area contributed by atoms with Crippen LogP contribution in [0.5, 0.6) is 5.75 Å². The van der Waals surface area contributed by atoms with Gasteiger partial charge in [0.05, 0.1) is 7.11 Å². The van der Waals surface area contributed by atoms with E-state index in [0.29, 0.717) is 0 Å². The molecule has 0 saturated heterocycles. The third-order valence-corrected chi connectivity index (χ3v) is 4.19. The van der Waals surface area contributed by atoms with E-state index in [2.05, 4.69) is 30.4 Å². The lowest BCUT2D eigenvalue weighted by Gasteiger charge is -2.12. The van der Waals surface area contributed by atoms with Crippen LogP contribution in [0.2, 0.25) is 0 Å². The van der Waals surface area contributed by atoms with Crippen molar-refractivity contribution in [1.29, 1.82) is 0 Å². The lowest BCUT2D eigenvalue weighted by atomic mass is 10.0. The van der Waals surface area contributed by atoms with Crippen LogP contribution in [-0.2, 0) is 6.54 Å². The first-order valence-corrected chi connectivity index (χ1v) is 7.64. The molecule has 2 rings (SSSR count). The standard InChI is InChI=1S/C17H27NO/c1-14-9-10-17(19-2)16(12-14)13-18-11-5-8-15-6-3-4-7-15/h9-10,12,15,18H,3-8,11,13H2,1-2H3. The highest BCUT2D eigenvalue weighted by Gasteiger charge is 2.13. The summed E-state index contributed by atoms with van der Waals surface area (Å²) in [6, 6.07) is 6.37. The van der Waals surface area contributed by atoms with Crippen LogP contribution in [0.15, 0.2) is 18.2 Å². The summed E-state index contributed by atoms with van der Waals surface area (Å²) < 4.78 is 5.40. The van der Waals surface area contributed by atoms with Gasteiger partial charge in [-0.15, -0.1) is 0 Å². The maximum Gasteiger partial charge on any atom is 0.123 e. The Morgan fingerprint density at radius 2 is 2.05 bits per heavy atom. The summed E-state index contributed by atoms with van der Waals surface area (Å²) in [6.45, 7) is 4.16. The summed E-state index contributed by atoms with van der Waals surface area (Å²) in [4.78, 5) is 0. The molecule has 0 radical (unpaired) electrons. The minimum Gasteiger partial charge on any atom is -0.496 e. The summed E-state index contributed by atoms with van der Waals surface area (Å²) in [5.41, 5.74) is 2.56. The molecule has 0 spiro atoms. The Balaban J connectivity index is 1.68. The second-order valence-corrected chi connectivity index (χ2v) is 5.78. The molecule has 0 heterocycles. The Bertz CT molecular complexity index is 383. The second kappa shape index (κ2) is 7.54. The van der Waals surface area contributed by atoms with Gasteiger partial charge in [-0.05, 0) is 38.3 Å². The molecule has 2 heteroatoms. The van der Waals surface area contributed by atoms with Gasteiger partial charge in [-0.3, -0.25) is 0 Å². The fraction of sp³-hybridized carbons (Fsp3) is 0.647. The van der Waals surface area contributed by atoms with Crippen molar-refractivity contribution in [2.75, 3.05) is 13.7 Å². The zero-order chi connectivity index (χ0) is 13.5. The molecule has 1 fully saturated rings. The number of methoxy groups -OCH3 is 1. The molecule has 1 aromatic carbocycles. The van der Waals surface area contributed by atoms with Gasteiger partial charge in [0, 0.05) is 12.1 Å². The van der Waals surface area contributed by atoms with E-state index in [1.165, 1.54) is 49.7 Å². The number of nitrogens with one attached hydrogen (secondary N) is 1. The number of ether oxygens (including phenoxy) is 1. The monoisotopic (exact) mass is 261 g/mol. The number of aryl methyl sites for hydroxylation is 1. The predicted octanol–water partition coefficient (Wildman–Crippen LogP) is 4.06. The zero-order valence-electron chi connectivity index (χ0n) is 12.4. The number of rotatable bonds is 7. The molecule has 0 bridgehead atoms. The summed E-state index contributed by atoms with van der Waals surface area (Å²) in [6.07, 6.45) is 8.55. The maximum atomic E-state index is 5.40. The molecule has 0 amide bonds. The lowest BCUT2D eigenvalue weighted by Crippen LogP contribution is -2.16. The SMILES string of the molecule is COc1ccc(C)cc1CNCCCC1CCCC1. The van der Waals surface area contributed by atoms with Crippen LogP contribution in [0.25, 0.3) is 0 Å². The van der Waals surface area contributed by atoms with E-state index in [9.17, 15) is 0 Å². The normalized spacial score (nSPS) is 15.9. The van der Waals surface area contributed by atoms with Crippen molar-refractivity contribution >= 4 is 0 Å². The van der Waals surface area contributed by atoms with E-state index in [-0.39, 0.29) is 0 Å². The van der Waals surface area contributed by atoms with E-state index in [0.717, 1.165) is 24.8 Å². The Kier molecular flexibility index (Phi) is 5.71. The van der Waals surface area contributed by atoms with Crippen LogP contribution >= 0.6 is 0 Å². The summed E-state index contributed by atoms with van der Waals surface area (Å²) in [5, 5.41) is 3.55. The predicted molar refractivity (Wildman–Crippen MR) is 80.6 cm³/mol. The van der Waals surface area contributed by atoms with E-state index >= 15 is 0 Å². The van der Waals surface area contributed by atoms with Gasteiger partial charge in [-0.2, -0.15) is 0 Å². The Labute approximate surface area is 117 Å². The van der Waals surface area contributed by atoms with E-state index in [1.807, 2.05) is 0 Å². The van der Waals surface area contributed by atoms with E-state index in [1.54, 1.807) is 7.11 Å². The highest BCUT2D eigenvalue weighted by atomic mass is 16.5. The number of hydrogen-bond donors (Lipinski definition) is 1. The average molecular weight is 261 g/mol. The van der Waals surface area contributed by atoms with Crippen molar-refractivity contribution in [3.05, 3.63) is 29.3 Å². The molecular formula is C17H27NO. The fourth-order valence-corrected chi connectivity index (χ4v) is 3.08. The first kappa shape index (κ1) is 14.4. The Morgan fingerprint density at radius 3 is 2.79 bits per heavy atom. The molecule has 1 N–H and O–H groups in total. The van der Waals surface area contributed by atoms with Gasteiger partial charge in [0.25, 0.3) is 0 Å². The second-order valence-electron chi connectivity index (χ2n) is 5.78. The highest BCUT2D eigenvalue weighted by molar-refractivity contribution is 5.36. The van der Waals surface area contributed by atoms with Crippen molar-refractivity contribution in [1.82, 2.24) is 5.32 Å².